The van der Waals surface area contributed by atoms with Crippen molar-refractivity contribution in [3.8, 4) is 17.6 Å². The summed E-state index contributed by atoms with van der Waals surface area (Å²) in [6.07, 6.45) is 1.71. The van der Waals surface area contributed by atoms with E-state index >= 15 is 0 Å². The Morgan fingerprint density at radius 3 is 2.79 bits per heavy atom. The number of aliphatic imine (C=N–C) groups is 1. The molecule has 1 aliphatic rings. The van der Waals surface area contributed by atoms with Crippen LogP contribution in [0.25, 0.3) is 6.08 Å². The van der Waals surface area contributed by atoms with E-state index in [1.54, 1.807) is 36.4 Å². The summed E-state index contributed by atoms with van der Waals surface area (Å²) >= 11 is 16.5. The second kappa shape index (κ2) is 9.55. The average molecular weight is 513 g/mol. The number of ether oxygens (including phenoxy) is 2. The molecule has 0 aliphatic carbocycles. The number of amidine groups is 1. The van der Waals surface area contributed by atoms with Gasteiger partial charge >= 0.3 is 0 Å². The summed E-state index contributed by atoms with van der Waals surface area (Å²) < 4.78 is 11.3. The lowest BCUT2D eigenvalue weighted by Crippen LogP contribution is -2.19. The number of carbonyl (C=O) groups excluding carboxylic acids is 1. The van der Waals surface area contributed by atoms with Crippen LogP contribution in [0.15, 0.2) is 44.7 Å². The quantitative estimate of drug-likeness (QED) is 0.530. The van der Waals surface area contributed by atoms with Crippen LogP contribution in [0.3, 0.4) is 0 Å². The zero-order valence-electron chi connectivity index (χ0n) is 14.8. The van der Waals surface area contributed by atoms with Gasteiger partial charge < -0.3 is 14.8 Å². The molecule has 0 unspecified atom stereocenters. The van der Waals surface area contributed by atoms with Gasteiger partial charge in [0.15, 0.2) is 23.3 Å². The van der Waals surface area contributed by atoms with Gasteiger partial charge in [-0.25, -0.2) is 4.99 Å². The van der Waals surface area contributed by atoms with Crippen LogP contribution in [-0.2, 0) is 4.79 Å². The topological polar surface area (TPSA) is 83.7 Å². The minimum Gasteiger partial charge on any atom is -0.493 e. The van der Waals surface area contributed by atoms with Gasteiger partial charge in [-0.15, -0.1) is 0 Å². The first-order valence-corrected chi connectivity index (χ1v) is 10.4. The fourth-order valence-electron chi connectivity index (χ4n) is 2.37. The van der Waals surface area contributed by atoms with Crippen molar-refractivity contribution >= 4 is 73.7 Å². The van der Waals surface area contributed by atoms with Gasteiger partial charge in [0.05, 0.1) is 32.2 Å². The molecule has 0 radical (unpaired) electrons. The standard InChI is InChI=1S/C19H12BrCl2N3O3S/c1-27-15-7-10(6-12(20)17(15)28-5-4-23)8-16-18(26)25-19(29-16)24-11-2-3-13(21)14(22)9-11/h2-3,6-9H,5H2,1H3,(H,24,25,26)/b16-8-. The monoisotopic (exact) mass is 511 g/mol. The molecule has 0 spiro atoms. The summed E-state index contributed by atoms with van der Waals surface area (Å²) in [7, 11) is 1.50. The summed E-state index contributed by atoms with van der Waals surface area (Å²) in [6.45, 7) is -0.109. The maximum atomic E-state index is 12.3. The van der Waals surface area contributed by atoms with E-state index in [0.717, 1.165) is 0 Å². The molecule has 1 N–H and O–H groups in total. The third kappa shape index (κ3) is 5.25. The van der Waals surface area contributed by atoms with Crippen molar-refractivity contribution in [2.24, 2.45) is 4.99 Å². The van der Waals surface area contributed by atoms with Crippen LogP contribution in [0.1, 0.15) is 5.56 Å². The Hall–Kier alpha value is -2.18. The molecule has 1 aliphatic heterocycles. The molecule has 29 heavy (non-hydrogen) atoms. The van der Waals surface area contributed by atoms with Crippen LogP contribution in [0, 0.1) is 11.3 Å². The van der Waals surface area contributed by atoms with Crippen LogP contribution in [-0.4, -0.2) is 24.8 Å². The first-order valence-electron chi connectivity index (χ1n) is 8.03. The smallest absolute Gasteiger partial charge is 0.264 e. The van der Waals surface area contributed by atoms with Gasteiger partial charge in [-0.2, -0.15) is 5.26 Å². The first-order chi connectivity index (χ1) is 13.9. The molecule has 2 aromatic carbocycles. The number of carbonyl (C=O) groups is 1. The SMILES string of the molecule is COc1cc(/C=C2\SC(=Nc3ccc(Cl)c(Cl)c3)NC2=O)cc(Br)c1OCC#N. The molecule has 1 saturated heterocycles. The Morgan fingerprint density at radius 1 is 1.31 bits per heavy atom. The highest BCUT2D eigenvalue weighted by atomic mass is 79.9. The number of nitrogens with one attached hydrogen (secondary N) is 1. The lowest BCUT2D eigenvalue weighted by Gasteiger charge is -2.11. The van der Waals surface area contributed by atoms with Crippen molar-refractivity contribution in [3.63, 3.8) is 0 Å². The van der Waals surface area contributed by atoms with Crippen molar-refractivity contribution < 1.29 is 14.3 Å². The molecule has 1 heterocycles. The Morgan fingerprint density at radius 2 is 2.10 bits per heavy atom. The number of halogens is 3. The molecule has 1 fully saturated rings. The van der Waals surface area contributed by atoms with E-state index in [9.17, 15) is 4.79 Å². The third-order valence-electron chi connectivity index (χ3n) is 3.62. The summed E-state index contributed by atoms with van der Waals surface area (Å²) in [6, 6.07) is 10.4. The highest BCUT2D eigenvalue weighted by Crippen LogP contribution is 2.38. The normalized spacial score (nSPS) is 16.0. The van der Waals surface area contributed by atoms with Crippen molar-refractivity contribution in [2.45, 2.75) is 0 Å². The number of hydrogen-bond donors (Lipinski definition) is 1. The molecule has 10 heteroatoms. The van der Waals surface area contributed by atoms with Gasteiger partial charge in [-0.05, 0) is 69.7 Å². The van der Waals surface area contributed by atoms with E-state index in [1.165, 1.54) is 18.9 Å². The maximum absolute atomic E-state index is 12.3. The highest BCUT2D eigenvalue weighted by Gasteiger charge is 2.24. The van der Waals surface area contributed by atoms with Crippen LogP contribution < -0.4 is 14.8 Å². The largest absolute Gasteiger partial charge is 0.493 e. The number of nitrogens with zero attached hydrogens (tertiary/aromatic N) is 2. The predicted octanol–water partition coefficient (Wildman–Crippen LogP) is 5.56. The molecule has 1 amide bonds. The average Bonchev–Trinajstić information content (AvgIpc) is 3.02. The molecule has 3 rings (SSSR count). The number of methoxy groups -OCH3 is 1. The molecule has 0 atom stereocenters. The molecular formula is C19H12BrCl2N3O3S. The van der Waals surface area contributed by atoms with Crippen molar-refractivity contribution in [2.75, 3.05) is 13.7 Å². The van der Waals surface area contributed by atoms with Crippen molar-refractivity contribution in [1.82, 2.24) is 5.32 Å². The zero-order chi connectivity index (χ0) is 21.0. The van der Waals surface area contributed by atoms with Crippen LogP contribution in [0.5, 0.6) is 11.5 Å². The fraction of sp³-hybridized carbons (Fsp3) is 0.105. The molecule has 0 bridgehead atoms. The predicted molar refractivity (Wildman–Crippen MR) is 119 cm³/mol. The van der Waals surface area contributed by atoms with Gasteiger partial charge in [-0.1, -0.05) is 23.2 Å². The van der Waals surface area contributed by atoms with Gasteiger partial charge in [0, 0.05) is 0 Å². The zero-order valence-corrected chi connectivity index (χ0v) is 18.7. The second-order valence-electron chi connectivity index (χ2n) is 5.56. The van der Waals surface area contributed by atoms with Crippen molar-refractivity contribution in [1.29, 1.82) is 5.26 Å². The number of benzene rings is 2. The second-order valence-corrected chi connectivity index (χ2v) is 8.26. The van der Waals surface area contributed by atoms with E-state index in [0.29, 0.717) is 47.3 Å². The Balaban J connectivity index is 1.86. The number of hydrogen-bond acceptors (Lipinski definition) is 6. The van der Waals surface area contributed by atoms with E-state index in [4.69, 9.17) is 37.9 Å². The van der Waals surface area contributed by atoms with Gasteiger partial charge in [-0.3, -0.25) is 4.79 Å². The molecule has 0 aromatic heterocycles. The lowest BCUT2D eigenvalue weighted by molar-refractivity contribution is -0.115. The molecule has 2 aromatic rings. The fourth-order valence-corrected chi connectivity index (χ4v) is 4.08. The molecule has 0 saturated carbocycles. The van der Waals surface area contributed by atoms with Gasteiger partial charge in [0.1, 0.15) is 6.07 Å². The van der Waals surface area contributed by atoms with E-state index < -0.39 is 0 Å². The van der Waals surface area contributed by atoms with Crippen molar-refractivity contribution in [3.05, 3.63) is 55.3 Å². The van der Waals surface area contributed by atoms with Crippen LogP contribution >= 0.6 is 50.9 Å². The van der Waals surface area contributed by atoms with Gasteiger partial charge in [0.25, 0.3) is 5.91 Å². The highest BCUT2D eigenvalue weighted by molar-refractivity contribution is 9.10. The Kier molecular flexibility index (Phi) is 7.09. The number of nitriles is 1. The summed E-state index contributed by atoms with van der Waals surface area (Å²) in [4.78, 5) is 17.2. The number of thioether (sulfide) groups is 1. The maximum Gasteiger partial charge on any atom is 0.264 e. The Labute approximate surface area is 189 Å². The molecule has 6 nitrogen and oxygen atoms in total. The Bertz CT molecular complexity index is 1080. The van der Waals surface area contributed by atoms with Gasteiger partial charge in [0.2, 0.25) is 0 Å². The van der Waals surface area contributed by atoms with Crippen LogP contribution in [0.4, 0.5) is 5.69 Å². The summed E-state index contributed by atoms with van der Waals surface area (Å²) in [5, 5.41) is 12.7. The molecule has 148 valence electrons. The minimum atomic E-state index is -0.270. The van der Waals surface area contributed by atoms with E-state index in [1.807, 2.05) is 6.07 Å². The lowest BCUT2D eigenvalue weighted by atomic mass is 10.2. The molecular weight excluding hydrogens is 501 g/mol. The first kappa shape index (κ1) is 21.5. The van der Waals surface area contributed by atoms with E-state index in [-0.39, 0.29) is 12.5 Å². The summed E-state index contributed by atoms with van der Waals surface area (Å²) in [5.41, 5.74) is 1.29. The number of rotatable bonds is 5. The summed E-state index contributed by atoms with van der Waals surface area (Å²) in [5.74, 6) is 0.588. The van der Waals surface area contributed by atoms with E-state index in [2.05, 4.69) is 26.2 Å². The minimum absolute atomic E-state index is 0.109. The van der Waals surface area contributed by atoms with Crippen LogP contribution in [0.2, 0.25) is 10.0 Å². The number of amides is 1. The third-order valence-corrected chi connectivity index (χ3v) is 5.85.